The summed E-state index contributed by atoms with van der Waals surface area (Å²) in [4.78, 5) is 12.0. The third-order valence-electron chi connectivity index (χ3n) is 3.22. The van der Waals surface area contributed by atoms with Gasteiger partial charge in [-0.1, -0.05) is 44.2 Å². The van der Waals surface area contributed by atoms with Gasteiger partial charge >= 0.3 is 6.03 Å². The van der Waals surface area contributed by atoms with Gasteiger partial charge in [-0.05, 0) is 30.0 Å². The summed E-state index contributed by atoms with van der Waals surface area (Å²) in [5, 5.41) is 5.85. The zero-order chi connectivity index (χ0) is 15.1. The third-order valence-corrected chi connectivity index (χ3v) is 3.22. The van der Waals surface area contributed by atoms with Crippen LogP contribution in [0.25, 0.3) is 0 Å². The number of urea groups is 1. The van der Waals surface area contributed by atoms with Gasteiger partial charge in [-0.3, -0.25) is 0 Å². The van der Waals surface area contributed by atoms with E-state index in [2.05, 4.69) is 24.5 Å². The van der Waals surface area contributed by atoms with Crippen LogP contribution in [0.5, 0.6) is 0 Å². The summed E-state index contributed by atoms with van der Waals surface area (Å²) in [6.45, 7) is 4.69. The van der Waals surface area contributed by atoms with Crippen molar-refractivity contribution in [2.24, 2.45) is 5.92 Å². The van der Waals surface area contributed by atoms with Crippen LogP contribution in [0.3, 0.4) is 0 Å². The lowest BCUT2D eigenvalue weighted by molar-refractivity contribution is 0.233. The summed E-state index contributed by atoms with van der Waals surface area (Å²) in [5.74, 6) is 1.24. The van der Waals surface area contributed by atoms with Crippen LogP contribution in [0, 0.1) is 5.92 Å². The number of nitrogens with one attached hydrogen (secondary N) is 2. The van der Waals surface area contributed by atoms with E-state index < -0.39 is 0 Å². The minimum absolute atomic E-state index is 0.0165. The first-order valence-corrected chi connectivity index (χ1v) is 7.27. The van der Waals surface area contributed by atoms with Gasteiger partial charge in [0.25, 0.3) is 0 Å². The fourth-order valence-corrected chi connectivity index (χ4v) is 2.22. The van der Waals surface area contributed by atoms with Crippen LogP contribution in [0.4, 0.5) is 4.79 Å². The highest BCUT2D eigenvalue weighted by atomic mass is 16.3. The van der Waals surface area contributed by atoms with Crippen molar-refractivity contribution in [3.63, 3.8) is 0 Å². The average Bonchev–Trinajstić information content (AvgIpc) is 2.98. The van der Waals surface area contributed by atoms with E-state index >= 15 is 0 Å². The second-order valence-electron chi connectivity index (χ2n) is 5.50. The van der Waals surface area contributed by atoms with Gasteiger partial charge in [-0.2, -0.15) is 0 Å². The SMILES string of the molecule is CC(C)CC(NC(=O)NCc1ccco1)c1ccccc1. The number of hydrogen-bond acceptors (Lipinski definition) is 2. The van der Waals surface area contributed by atoms with Crippen molar-refractivity contribution in [1.29, 1.82) is 0 Å². The summed E-state index contributed by atoms with van der Waals surface area (Å²) in [7, 11) is 0. The number of carbonyl (C=O) groups excluding carboxylic acids is 1. The molecule has 0 saturated heterocycles. The molecule has 0 radical (unpaired) electrons. The van der Waals surface area contributed by atoms with Crippen LogP contribution in [-0.2, 0) is 6.54 Å². The van der Waals surface area contributed by atoms with Gasteiger partial charge in [0, 0.05) is 0 Å². The molecule has 4 nitrogen and oxygen atoms in total. The van der Waals surface area contributed by atoms with E-state index in [1.807, 2.05) is 36.4 Å². The molecule has 4 heteroatoms. The largest absolute Gasteiger partial charge is 0.467 e. The zero-order valence-corrected chi connectivity index (χ0v) is 12.5. The quantitative estimate of drug-likeness (QED) is 0.847. The second-order valence-corrected chi connectivity index (χ2v) is 5.50. The first-order chi connectivity index (χ1) is 10.1. The standard InChI is InChI=1S/C17H22N2O2/c1-13(2)11-16(14-7-4-3-5-8-14)19-17(20)18-12-15-9-6-10-21-15/h3-10,13,16H,11-12H2,1-2H3,(H2,18,19,20). The van der Waals surface area contributed by atoms with E-state index in [0.29, 0.717) is 12.5 Å². The van der Waals surface area contributed by atoms with Crippen molar-refractivity contribution in [3.05, 3.63) is 60.1 Å². The monoisotopic (exact) mass is 286 g/mol. The van der Waals surface area contributed by atoms with Gasteiger partial charge in [0.1, 0.15) is 5.76 Å². The topological polar surface area (TPSA) is 54.3 Å². The van der Waals surface area contributed by atoms with Crippen LogP contribution in [0.15, 0.2) is 53.1 Å². The summed E-state index contributed by atoms with van der Waals surface area (Å²) in [5.41, 5.74) is 1.12. The summed E-state index contributed by atoms with van der Waals surface area (Å²) in [6, 6.07) is 13.5. The fraction of sp³-hybridized carbons (Fsp3) is 0.353. The summed E-state index contributed by atoms with van der Waals surface area (Å²) >= 11 is 0. The number of hydrogen-bond donors (Lipinski definition) is 2. The van der Waals surface area contributed by atoms with Crippen molar-refractivity contribution < 1.29 is 9.21 Å². The molecule has 1 aromatic heterocycles. The van der Waals surface area contributed by atoms with Crippen molar-refractivity contribution in [2.75, 3.05) is 0 Å². The lowest BCUT2D eigenvalue weighted by atomic mass is 9.97. The van der Waals surface area contributed by atoms with E-state index in [1.54, 1.807) is 12.3 Å². The molecule has 0 fully saturated rings. The molecule has 2 aromatic rings. The maximum atomic E-state index is 12.0. The molecule has 0 saturated carbocycles. The summed E-state index contributed by atoms with van der Waals surface area (Å²) in [6.07, 6.45) is 2.50. The zero-order valence-electron chi connectivity index (χ0n) is 12.5. The molecule has 21 heavy (non-hydrogen) atoms. The van der Waals surface area contributed by atoms with Crippen LogP contribution >= 0.6 is 0 Å². The Labute approximate surface area is 125 Å². The Kier molecular flexibility index (Phi) is 5.43. The van der Waals surface area contributed by atoms with Crippen molar-refractivity contribution >= 4 is 6.03 Å². The van der Waals surface area contributed by atoms with Crippen LogP contribution in [-0.4, -0.2) is 6.03 Å². The molecule has 112 valence electrons. The number of benzene rings is 1. The van der Waals surface area contributed by atoms with Gasteiger partial charge in [-0.15, -0.1) is 0 Å². The molecular formula is C17H22N2O2. The van der Waals surface area contributed by atoms with E-state index in [4.69, 9.17) is 4.42 Å². The number of carbonyl (C=O) groups is 1. The molecule has 1 heterocycles. The summed E-state index contributed by atoms with van der Waals surface area (Å²) < 4.78 is 5.20. The Morgan fingerprint density at radius 1 is 1.14 bits per heavy atom. The highest BCUT2D eigenvalue weighted by molar-refractivity contribution is 5.74. The third kappa shape index (κ3) is 4.99. The van der Waals surface area contributed by atoms with Crippen LogP contribution in [0.2, 0.25) is 0 Å². The molecule has 2 rings (SSSR count). The molecule has 1 unspecified atom stereocenters. The van der Waals surface area contributed by atoms with E-state index in [0.717, 1.165) is 17.7 Å². The van der Waals surface area contributed by atoms with E-state index in [9.17, 15) is 4.79 Å². The Bertz CT molecular complexity index is 535. The maximum absolute atomic E-state index is 12.0. The highest BCUT2D eigenvalue weighted by Gasteiger charge is 2.15. The van der Waals surface area contributed by atoms with Gasteiger partial charge in [0.05, 0.1) is 18.8 Å². The minimum atomic E-state index is -0.180. The van der Waals surface area contributed by atoms with Crippen LogP contribution in [0.1, 0.15) is 37.6 Å². The Morgan fingerprint density at radius 2 is 1.90 bits per heavy atom. The number of rotatable bonds is 6. The Morgan fingerprint density at radius 3 is 2.52 bits per heavy atom. The molecular weight excluding hydrogens is 264 g/mol. The van der Waals surface area contributed by atoms with E-state index in [-0.39, 0.29) is 12.1 Å². The van der Waals surface area contributed by atoms with Gasteiger partial charge in [0.2, 0.25) is 0 Å². The second kappa shape index (κ2) is 7.53. The lowest BCUT2D eigenvalue weighted by Gasteiger charge is -2.21. The predicted molar refractivity (Wildman–Crippen MR) is 82.7 cm³/mol. The maximum Gasteiger partial charge on any atom is 0.315 e. The van der Waals surface area contributed by atoms with Crippen LogP contribution < -0.4 is 10.6 Å². The molecule has 2 N–H and O–H groups in total. The average molecular weight is 286 g/mol. The normalized spacial score (nSPS) is 12.1. The molecule has 0 aliphatic carbocycles. The molecule has 2 amide bonds. The first-order valence-electron chi connectivity index (χ1n) is 7.27. The predicted octanol–water partition coefficient (Wildman–Crippen LogP) is 3.87. The van der Waals surface area contributed by atoms with Gasteiger partial charge in [0.15, 0.2) is 0 Å². The first kappa shape index (κ1) is 15.2. The van der Waals surface area contributed by atoms with Gasteiger partial charge < -0.3 is 15.1 Å². The number of furan rings is 1. The molecule has 0 aliphatic heterocycles. The highest BCUT2D eigenvalue weighted by Crippen LogP contribution is 2.20. The Balaban J connectivity index is 1.93. The molecule has 1 aromatic carbocycles. The molecule has 0 spiro atoms. The smallest absolute Gasteiger partial charge is 0.315 e. The molecule has 1 atom stereocenters. The number of amides is 2. The lowest BCUT2D eigenvalue weighted by Crippen LogP contribution is -2.38. The van der Waals surface area contributed by atoms with Crippen molar-refractivity contribution in [1.82, 2.24) is 10.6 Å². The van der Waals surface area contributed by atoms with Gasteiger partial charge in [-0.25, -0.2) is 4.79 Å². The van der Waals surface area contributed by atoms with Crippen molar-refractivity contribution in [3.8, 4) is 0 Å². The Hall–Kier alpha value is -2.23. The van der Waals surface area contributed by atoms with E-state index in [1.165, 1.54) is 0 Å². The fourth-order valence-electron chi connectivity index (χ4n) is 2.22. The van der Waals surface area contributed by atoms with Crippen molar-refractivity contribution in [2.45, 2.75) is 32.9 Å². The molecule has 0 aliphatic rings. The minimum Gasteiger partial charge on any atom is -0.467 e. The molecule has 0 bridgehead atoms.